The highest BCUT2D eigenvalue weighted by Gasteiger charge is 2.28. The molecule has 0 fully saturated rings. The van der Waals surface area contributed by atoms with Crippen LogP contribution in [0.3, 0.4) is 0 Å². The molecule has 1 aromatic heterocycles. The van der Waals surface area contributed by atoms with Gasteiger partial charge in [0.05, 0.1) is 42.0 Å². The quantitative estimate of drug-likeness (QED) is 0.285. The molecular weight excluding hydrogens is 461 g/mol. The molecule has 0 saturated carbocycles. The predicted molar refractivity (Wildman–Crippen MR) is 134 cm³/mol. The fourth-order valence-electron chi connectivity index (χ4n) is 2.93. The first-order chi connectivity index (χ1) is 15.8. The third kappa shape index (κ3) is 5.53. The molecule has 0 atom stereocenters. The Morgan fingerprint density at radius 2 is 1.91 bits per heavy atom. The molecule has 182 valence electrons. The van der Waals surface area contributed by atoms with Gasteiger partial charge >= 0.3 is 0 Å². The van der Waals surface area contributed by atoms with Gasteiger partial charge in [0.1, 0.15) is 19.2 Å². The Labute approximate surface area is 201 Å². The maximum atomic E-state index is 15.4. The zero-order chi connectivity index (χ0) is 25.3. The number of amides is 1. The van der Waals surface area contributed by atoms with E-state index in [0.29, 0.717) is 5.52 Å². The standard InChI is InChI=1S/C23H29BF2N4O3S/c1-23(2,3)34(5,6)33-10-9-32-29-22(31)15-12-18-21(27-13-30(18)4)19(26)20(15)28-17-8-7-14(24)11-16(17)25/h7-8,11-13,28H,9-10H2,1-6H3,(H,29,31). The molecule has 2 N–H and O–H groups in total. The Bertz CT molecular complexity index is 1210. The predicted octanol–water partition coefficient (Wildman–Crippen LogP) is 3.84. The molecule has 3 aromatic rings. The lowest BCUT2D eigenvalue weighted by Crippen LogP contribution is -2.29. The average Bonchev–Trinajstić information content (AvgIpc) is 3.11. The summed E-state index contributed by atoms with van der Waals surface area (Å²) in [7, 11) is 5.94. The smallest absolute Gasteiger partial charge is 0.277 e. The minimum absolute atomic E-state index is 0.00969. The Morgan fingerprint density at radius 3 is 2.56 bits per heavy atom. The Morgan fingerprint density at radius 1 is 1.21 bits per heavy atom. The highest BCUT2D eigenvalue weighted by Crippen LogP contribution is 2.53. The Balaban J connectivity index is 1.80. The number of nitrogens with zero attached hydrogens (tertiary/aromatic N) is 2. The van der Waals surface area contributed by atoms with E-state index in [2.05, 4.69) is 49.1 Å². The summed E-state index contributed by atoms with van der Waals surface area (Å²) in [6, 6.07) is 5.39. The van der Waals surface area contributed by atoms with E-state index in [1.807, 2.05) is 0 Å². The number of aryl methyl sites for hydroxylation is 1. The number of carbonyl (C=O) groups excluding carboxylic acids is 1. The van der Waals surface area contributed by atoms with Crippen LogP contribution in [-0.2, 0) is 16.1 Å². The number of rotatable bonds is 8. The molecule has 11 heteroatoms. The highest BCUT2D eigenvalue weighted by atomic mass is 32.3. The van der Waals surface area contributed by atoms with Crippen LogP contribution in [0.15, 0.2) is 30.6 Å². The number of hydrogen-bond acceptors (Lipinski definition) is 5. The molecule has 7 nitrogen and oxygen atoms in total. The lowest BCUT2D eigenvalue weighted by Gasteiger charge is -2.43. The van der Waals surface area contributed by atoms with Crippen molar-refractivity contribution in [2.24, 2.45) is 7.05 Å². The number of aromatic nitrogens is 2. The van der Waals surface area contributed by atoms with Gasteiger partial charge in [-0.15, -0.1) is 10.3 Å². The third-order valence-corrected chi connectivity index (χ3v) is 9.37. The van der Waals surface area contributed by atoms with Gasteiger partial charge in [-0.1, -0.05) is 32.3 Å². The van der Waals surface area contributed by atoms with E-state index in [1.165, 1.54) is 24.5 Å². The molecule has 0 aliphatic carbocycles. The van der Waals surface area contributed by atoms with Crippen LogP contribution < -0.4 is 16.3 Å². The molecule has 1 heterocycles. The van der Waals surface area contributed by atoms with Gasteiger partial charge < -0.3 is 14.1 Å². The summed E-state index contributed by atoms with van der Waals surface area (Å²) in [5.41, 5.74) is 2.62. The fraction of sp³-hybridized carbons (Fsp3) is 0.391. The summed E-state index contributed by atoms with van der Waals surface area (Å²) < 4.78 is 37.3. The van der Waals surface area contributed by atoms with Gasteiger partial charge in [0, 0.05) is 11.8 Å². The first-order valence-corrected chi connectivity index (χ1v) is 12.9. The fourth-order valence-corrected chi connectivity index (χ4v) is 3.76. The highest BCUT2D eigenvalue weighted by molar-refractivity contribution is 8.29. The first kappa shape index (κ1) is 26.0. The summed E-state index contributed by atoms with van der Waals surface area (Å²) in [6.45, 7) is 6.69. The number of anilines is 2. The number of carbonyl (C=O) groups is 1. The van der Waals surface area contributed by atoms with Crippen molar-refractivity contribution < 1.29 is 22.6 Å². The van der Waals surface area contributed by atoms with Crippen LogP contribution in [0.5, 0.6) is 0 Å². The van der Waals surface area contributed by atoms with Crippen molar-refractivity contribution in [2.75, 3.05) is 31.0 Å². The van der Waals surface area contributed by atoms with Crippen molar-refractivity contribution in [3.8, 4) is 0 Å². The number of nitrogens with one attached hydrogen (secondary N) is 2. The number of hydrogen-bond donors (Lipinski definition) is 2. The molecule has 0 spiro atoms. The number of halogens is 2. The topological polar surface area (TPSA) is 77.4 Å². The molecule has 2 radical (unpaired) electrons. The normalized spacial score (nSPS) is 12.7. The van der Waals surface area contributed by atoms with Gasteiger partial charge in [-0.3, -0.25) is 9.63 Å². The van der Waals surface area contributed by atoms with E-state index in [9.17, 15) is 9.18 Å². The second-order valence-corrected chi connectivity index (χ2v) is 13.1. The summed E-state index contributed by atoms with van der Waals surface area (Å²) >= 11 is 0. The average molecular weight is 490 g/mol. The second kappa shape index (κ2) is 9.93. The Hall–Kier alpha value is -2.63. The van der Waals surface area contributed by atoms with Crippen molar-refractivity contribution in [2.45, 2.75) is 25.5 Å². The summed E-state index contributed by atoms with van der Waals surface area (Å²) in [5, 5.41) is 2.66. The monoisotopic (exact) mass is 490 g/mol. The molecule has 34 heavy (non-hydrogen) atoms. The molecular formula is C23H29BF2N4O3S. The van der Waals surface area contributed by atoms with Crippen LogP contribution in [0.2, 0.25) is 0 Å². The molecule has 0 aliphatic heterocycles. The van der Waals surface area contributed by atoms with Crippen LogP contribution >= 0.6 is 10.3 Å². The van der Waals surface area contributed by atoms with Crippen LogP contribution in [0, 0.1) is 11.6 Å². The van der Waals surface area contributed by atoms with Gasteiger partial charge in [0.15, 0.2) is 5.82 Å². The van der Waals surface area contributed by atoms with E-state index in [1.54, 1.807) is 11.6 Å². The van der Waals surface area contributed by atoms with Crippen LogP contribution in [0.4, 0.5) is 20.2 Å². The van der Waals surface area contributed by atoms with E-state index < -0.39 is 27.9 Å². The van der Waals surface area contributed by atoms with Crippen LogP contribution in [0.1, 0.15) is 31.1 Å². The van der Waals surface area contributed by atoms with Crippen molar-refractivity contribution in [3.05, 3.63) is 47.8 Å². The molecule has 0 bridgehead atoms. The van der Waals surface area contributed by atoms with Gasteiger partial charge in [-0.05, 0) is 30.7 Å². The van der Waals surface area contributed by atoms with Gasteiger partial charge in [0.25, 0.3) is 5.91 Å². The number of fused-ring (bicyclic) bond motifs is 1. The van der Waals surface area contributed by atoms with Gasteiger partial charge in [0.2, 0.25) is 0 Å². The van der Waals surface area contributed by atoms with E-state index in [-0.39, 0.29) is 45.9 Å². The largest absolute Gasteiger partial charge is 0.350 e. The van der Waals surface area contributed by atoms with Gasteiger partial charge in [-0.25, -0.2) is 19.2 Å². The van der Waals surface area contributed by atoms with Gasteiger partial charge in [-0.2, -0.15) is 0 Å². The summed E-state index contributed by atoms with van der Waals surface area (Å²) in [6.07, 6.45) is 5.55. The van der Waals surface area contributed by atoms with E-state index >= 15 is 4.39 Å². The molecule has 0 aliphatic rings. The second-order valence-electron chi connectivity index (χ2n) is 9.15. The third-order valence-electron chi connectivity index (χ3n) is 5.66. The van der Waals surface area contributed by atoms with Crippen LogP contribution in [-0.4, -0.2) is 53.8 Å². The molecule has 2 aromatic carbocycles. The minimum atomic E-state index is -1.33. The zero-order valence-electron chi connectivity index (χ0n) is 20.2. The maximum Gasteiger partial charge on any atom is 0.277 e. The SMILES string of the molecule is [B]c1ccc(Nc2c(C(=O)NOCCOS(C)(C)C(C)(C)C)cc3c(ncn3C)c2F)c(F)c1. The first-order valence-electron chi connectivity index (χ1n) is 10.6. The summed E-state index contributed by atoms with van der Waals surface area (Å²) in [4.78, 5) is 22.3. The zero-order valence-corrected chi connectivity index (χ0v) is 21.0. The van der Waals surface area contributed by atoms with E-state index in [0.717, 1.165) is 6.07 Å². The van der Waals surface area contributed by atoms with Crippen molar-refractivity contribution in [3.63, 3.8) is 0 Å². The maximum absolute atomic E-state index is 15.4. The van der Waals surface area contributed by atoms with Crippen molar-refractivity contribution in [1.82, 2.24) is 15.0 Å². The molecule has 0 saturated heterocycles. The Kier molecular flexibility index (Phi) is 7.59. The van der Waals surface area contributed by atoms with Crippen molar-refractivity contribution >= 4 is 51.9 Å². The van der Waals surface area contributed by atoms with Crippen molar-refractivity contribution in [1.29, 1.82) is 0 Å². The lowest BCUT2D eigenvalue weighted by atomic mass is 9.96. The number of benzene rings is 2. The molecule has 1 amide bonds. The molecule has 3 rings (SSSR count). The number of hydroxylamine groups is 1. The van der Waals surface area contributed by atoms with E-state index in [4.69, 9.17) is 16.9 Å². The lowest BCUT2D eigenvalue weighted by molar-refractivity contribution is 0.0215. The molecule has 0 unspecified atom stereocenters. The minimum Gasteiger partial charge on any atom is -0.350 e. The summed E-state index contributed by atoms with van der Waals surface area (Å²) in [5.74, 6) is -2.19. The number of imidazole rings is 1. The van der Waals surface area contributed by atoms with Crippen LogP contribution in [0.25, 0.3) is 11.0 Å².